The molecule has 4 amide bonds. The smallest absolute Gasteiger partial charge is 0.336 e. The van der Waals surface area contributed by atoms with Gasteiger partial charge < -0.3 is 9.30 Å². The average Bonchev–Trinajstić information content (AvgIpc) is 3.21. The number of imide groups is 2. The number of halogens is 1. The van der Waals surface area contributed by atoms with Crippen LogP contribution in [0.4, 0.5) is 10.5 Å². The number of carbonyl (C=O) groups is 3. The number of ether oxygens (including phenoxy) is 1. The van der Waals surface area contributed by atoms with Crippen molar-refractivity contribution in [2.45, 2.75) is 13.5 Å². The Bertz CT molecular complexity index is 1540. The second kappa shape index (κ2) is 9.71. The number of nitrogens with one attached hydrogen (secondary N) is 1. The Kier molecular flexibility index (Phi) is 6.31. The van der Waals surface area contributed by atoms with E-state index in [2.05, 4.69) is 5.32 Å². The number of nitrogens with zero attached hydrogens (tertiary/aromatic N) is 2. The van der Waals surface area contributed by atoms with Crippen LogP contribution in [0, 0.1) is 0 Å². The molecule has 7 nitrogen and oxygen atoms in total. The van der Waals surface area contributed by atoms with Gasteiger partial charge >= 0.3 is 6.03 Å². The number of urea groups is 1. The molecule has 4 aromatic rings. The molecular weight excluding hydrogens is 478 g/mol. The zero-order valence-electron chi connectivity index (χ0n) is 19.4. The molecule has 3 aromatic carbocycles. The van der Waals surface area contributed by atoms with Crippen LogP contribution in [-0.2, 0) is 16.1 Å². The van der Waals surface area contributed by atoms with E-state index in [0.29, 0.717) is 29.5 Å². The Morgan fingerprint density at radius 3 is 2.47 bits per heavy atom. The van der Waals surface area contributed by atoms with E-state index in [4.69, 9.17) is 16.3 Å². The van der Waals surface area contributed by atoms with Crippen LogP contribution < -0.4 is 15.0 Å². The van der Waals surface area contributed by atoms with Gasteiger partial charge in [0.2, 0.25) is 0 Å². The molecule has 1 aromatic heterocycles. The van der Waals surface area contributed by atoms with E-state index in [-0.39, 0.29) is 11.3 Å². The zero-order chi connectivity index (χ0) is 25.2. The first-order chi connectivity index (χ1) is 17.5. The lowest BCUT2D eigenvalue weighted by Crippen LogP contribution is -2.54. The summed E-state index contributed by atoms with van der Waals surface area (Å²) in [5, 5.41) is 3.79. The minimum atomic E-state index is -0.824. The van der Waals surface area contributed by atoms with Crippen LogP contribution in [0.1, 0.15) is 18.1 Å². The quantitative estimate of drug-likeness (QED) is 0.284. The molecule has 5 rings (SSSR count). The topological polar surface area (TPSA) is 80.6 Å². The molecule has 36 heavy (non-hydrogen) atoms. The minimum absolute atomic E-state index is 0.151. The molecule has 8 heteroatoms. The summed E-state index contributed by atoms with van der Waals surface area (Å²) in [6.45, 7) is 2.67. The summed E-state index contributed by atoms with van der Waals surface area (Å²) in [5.74, 6) is -1.11. The molecular formula is C28H22ClN3O4. The fourth-order valence-corrected chi connectivity index (χ4v) is 4.48. The normalized spacial score (nSPS) is 15.0. The highest BCUT2D eigenvalue weighted by molar-refractivity contribution is 6.39. The Hall–Kier alpha value is -4.36. The van der Waals surface area contributed by atoms with Gasteiger partial charge in [0, 0.05) is 34.2 Å². The summed E-state index contributed by atoms with van der Waals surface area (Å²) in [6.07, 6.45) is 3.39. The second-order valence-corrected chi connectivity index (χ2v) is 8.59. The number of hydrogen-bond donors (Lipinski definition) is 1. The molecule has 0 spiro atoms. The first-order valence-corrected chi connectivity index (χ1v) is 11.8. The third-order valence-corrected chi connectivity index (χ3v) is 6.29. The number of rotatable bonds is 6. The minimum Gasteiger partial charge on any atom is -0.492 e. The van der Waals surface area contributed by atoms with Gasteiger partial charge in [-0.15, -0.1) is 0 Å². The van der Waals surface area contributed by atoms with Crippen molar-refractivity contribution in [3.63, 3.8) is 0 Å². The number of anilines is 1. The van der Waals surface area contributed by atoms with Gasteiger partial charge in [-0.3, -0.25) is 14.9 Å². The molecule has 0 aliphatic carbocycles. The fraction of sp³-hybridized carbons (Fsp3) is 0.107. The van der Waals surface area contributed by atoms with Gasteiger partial charge in [0.1, 0.15) is 11.3 Å². The SMILES string of the molecule is CCOc1ccccc1N1C(=O)NC(=O)/C(=C\c2cn(Cc3ccccc3Cl)c3ccccc23)C1=O. The van der Waals surface area contributed by atoms with E-state index < -0.39 is 17.8 Å². The predicted molar refractivity (Wildman–Crippen MR) is 139 cm³/mol. The molecule has 1 N–H and O–H groups in total. The van der Waals surface area contributed by atoms with Crippen molar-refractivity contribution >= 4 is 52.1 Å². The molecule has 0 saturated carbocycles. The molecule has 1 aliphatic rings. The van der Waals surface area contributed by atoms with Crippen molar-refractivity contribution in [3.05, 3.63) is 101 Å². The van der Waals surface area contributed by atoms with Crippen molar-refractivity contribution < 1.29 is 19.1 Å². The third-order valence-electron chi connectivity index (χ3n) is 5.93. The number of amides is 4. The summed E-state index contributed by atoms with van der Waals surface area (Å²) in [6, 6.07) is 21.2. The average molecular weight is 500 g/mol. The highest BCUT2D eigenvalue weighted by Crippen LogP contribution is 2.32. The second-order valence-electron chi connectivity index (χ2n) is 8.18. The van der Waals surface area contributed by atoms with E-state index >= 15 is 0 Å². The van der Waals surface area contributed by atoms with Crippen LogP contribution >= 0.6 is 11.6 Å². The summed E-state index contributed by atoms with van der Waals surface area (Å²) in [4.78, 5) is 39.9. The van der Waals surface area contributed by atoms with E-state index in [1.165, 1.54) is 6.08 Å². The predicted octanol–water partition coefficient (Wildman–Crippen LogP) is 5.41. The summed E-state index contributed by atoms with van der Waals surface area (Å²) in [5.41, 5.74) is 2.64. The lowest BCUT2D eigenvalue weighted by atomic mass is 10.1. The standard InChI is InChI=1S/C28H22ClN3O4/c1-2-36-25-14-8-7-13-24(25)32-27(34)21(26(33)30-28(32)35)15-19-17-31(23-12-6-4-10-20(19)23)16-18-9-3-5-11-22(18)29/h3-15,17H,2,16H2,1H3,(H,30,33,35)/b21-15+. The van der Waals surface area contributed by atoms with Gasteiger partial charge in [-0.05, 0) is 42.8 Å². The number of aromatic nitrogens is 1. The first-order valence-electron chi connectivity index (χ1n) is 11.4. The van der Waals surface area contributed by atoms with E-state index in [1.54, 1.807) is 24.3 Å². The number of carbonyl (C=O) groups excluding carboxylic acids is 3. The van der Waals surface area contributed by atoms with Crippen LogP contribution in [0.3, 0.4) is 0 Å². The number of benzene rings is 3. The zero-order valence-corrected chi connectivity index (χ0v) is 20.2. The number of para-hydroxylation sites is 3. The van der Waals surface area contributed by atoms with Gasteiger partial charge in [0.05, 0.1) is 12.3 Å². The molecule has 180 valence electrons. The van der Waals surface area contributed by atoms with E-state index in [0.717, 1.165) is 21.4 Å². The molecule has 1 aliphatic heterocycles. The summed E-state index contributed by atoms with van der Waals surface area (Å²) < 4.78 is 7.62. The Labute approximate surface area is 212 Å². The number of hydrogen-bond acceptors (Lipinski definition) is 4. The Morgan fingerprint density at radius 1 is 0.944 bits per heavy atom. The monoisotopic (exact) mass is 499 g/mol. The molecule has 0 atom stereocenters. The summed E-state index contributed by atoms with van der Waals surface area (Å²) >= 11 is 6.38. The maximum Gasteiger partial charge on any atom is 0.336 e. The Balaban J connectivity index is 1.58. The number of barbiturate groups is 1. The van der Waals surface area contributed by atoms with Gasteiger partial charge in [0.25, 0.3) is 11.8 Å². The van der Waals surface area contributed by atoms with Crippen LogP contribution in [0.2, 0.25) is 5.02 Å². The van der Waals surface area contributed by atoms with Crippen LogP contribution in [0.5, 0.6) is 5.75 Å². The van der Waals surface area contributed by atoms with Gasteiger partial charge in [-0.2, -0.15) is 0 Å². The molecule has 1 saturated heterocycles. The van der Waals surface area contributed by atoms with Gasteiger partial charge in [-0.1, -0.05) is 60.1 Å². The maximum absolute atomic E-state index is 13.5. The van der Waals surface area contributed by atoms with Crippen molar-refractivity contribution in [2.24, 2.45) is 0 Å². The molecule has 0 radical (unpaired) electrons. The third kappa shape index (κ3) is 4.25. The highest BCUT2D eigenvalue weighted by Gasteiger charge is 2.38. The van der Waals surface area contributed by atoms with E-state index in [9.17, 15) is 14.4 Å². The molecule has 0 bridgehead atoms. The van der Waals surface area contributed by atoms with Gasteiger partial charge in [-0.25, -0.2) is 9.69 Å². The first kappa shape index (κ1) is 23.4. The van der Waals surface area contributed by atoms with Crippen LogP contribution in [0.25, 0.3) is 17.0 Å². The Morgan fingerprint density at radius 2 is 1.67 bits per heavy atom. The van der Waals surface area contributed by atoms with Crippen molar-refractivity contribution in [1.29, 1.82) is 0 Å². The highest BCUT2D eigenvalue weighted by atomic mass is 35.5. The van der Waals surface area contributed by atoms with Gasteiger partial charge in [0.15, 0.2) is 0 Å². The van der Waals surface area contributed by atoms with Crippen molar-refractivity contribution in [3.8, 4) is 5.75 Å². The largest absolute Gasteiger partial charge is 0.492 e. The lowest BCUT2D eigenvalue weighted by Gasteiger charge is -2.27. The van der Waals surface area contributed by atoms with Crippen molar-refractivity contribution in [2.75, 3.05) is 11.5 Å². The lowest BCUT2D eigenvalue weighted by molar-refractivity contribution is -0.122. The summed E-state index contributed by atoms with van der Waals surface area (Å²) in [7, 11) is 0. The molecule has 1 fully saturated rings. The molecule has 0 unspecified atom stereocenters. The van der Waals surface area contributed by atoms with Crippen LogP contribution in [-0.4, -0.2) is 29.0 Å². The number of fused-ring (bicyclic) bond motifs is 1. The van der Waals surface area contributed by atoms with Crippen molar-refractivity contribution in [1.82, 2.24) is 9.88 Å². The fourth-order valence-electron chi connectivity index (χ4n) is 4.28. The molecule has 2 heterocycles. The van der Waals surface area contributed by atoms with Crippen LogP contribution in [0.15, 0.2) is 84.6 Å². The maximum atomic E-state index is 13.5. The van der Waals surface area contributed by atoms with E-state index in [1.807, 2.05) is 66.2 Å².